The lowest BCUT2D eigenvalue weighted by Gasteiger charge is -2.26. The minimum absolute atomic E-state index is 0.143. The minimum Gasteiger partial charge on any atom is -0.352 e. The van der Waals surface area contributed by atoms with Gasteiger partial charge in [-0.1, -0.05) is 41.4 Å². The third-order valence-corrected chi connectivity index (χ3v) is 6.74. The van der Waals surface area contributed by atoms with Crippen LogP contribution in [0.2, 0.25) is 10.0 Å². The maximum absolute atomic E-state index is 13.1. The molecule has 1 aromatic heterocycles. The second kappa shape index (κ2) is 11.5. The number of hydrogen-bond donors (Lipinski definition) is 1. The van der Waals surface area contributed by atoms with Crippen molar-refractivity contribution in [2.24, 2.45) is 0 Å². The topological polar surface area (TPSA) is 106 Å². The zero-order chi connectivity index (χ0) is 25.7. The summed E-state index contributed by atoms with van der Waals surface area (Å²) in [5.74, 6) is -0.725. The van der Waals surface area contributed by atoms with Crippen molar-refractivity contribution in [2.45, 2.75) is 32.2 Å². The van der Waals surface area contributed by atoms with Gasteiger partial charge in [-0.3, -0.25) is 14.4 Å². The molecule has 1 saturated heterocycles. The number of rotatable bonds is 7. The number of piperidine rings is 1. The Morgan fingerprint density at radius 2 is 1.72 bits per heavy atom. The van der Waals surface area contributed by atoms with E-state index in [1.807, 2.05) is 18.2 Å². The Balaban J connectivity index is 1.53. The molecule has 2 aromatic carbocycles. The first-order valence-corrected chi connectivity index (χ1v) is 12.4. The molecule has 3 aromatic rings. The van der Waals surface area contributed by atoms with E-state index in [0.717, 1.165) is 40.3 Å². The van der Waals surface area contributed by atoms with Gasteiger partial charge in [-0.2, -0.15) is 9.78 Å². The number of carbonyl (C=O) groups excluding carboxylic acids is 2. The molecule has 11 heteroatoms. The van der Waals surface area contributed by atoms with Crippen LogP contribution in [0, 0.1) is 0 Å². The Bertz CT molecular complexity index is 1400. The predicted octanol–water partition coefficient (Wildman–Crippen LogP) is 2.69. The largest absolute Gasteiger partial charge is 0.352 e. The summed E-state index contributed by atoms with van der Waals surface area (Å²) in [6, 6.07) is 11.8. The molecule has 1 aliphatic rings. The number of benzene rings is 2. The highest BCUT2D eigenvalue weighted by molar-refractivity contribution is 6.34. The fourth-order valence-electron chi connectivity index (χ4n) is 4.06. The molecule has 1 aliphatic heterocycles. The first kappa shape index (κ1) is 25.7. The summed E-state index contributed by atoms with van der Waals surface area (Å²) < 4.78 is 1.82. The molecule has 0 atom stereocenters. The fraction of sp³-hybridized carbons (Fsp3) is 0.320. The SMILES string of the molecule is O=C(NCCc1ccccc1Cl)c1cc(-n2ncc(=O)n(CC(=O)N3CCCCC3)c2=O)ccc1Cl. The quantitative estimate of drug-likeness (QED) is 0.506. The van der Waals surface area contributed by atoms with Crippen molar-refractivity contribution in [3.8, 4) is 5.69 Å². The summed E-state index contributed by atoms with van der Waals surface area (Å²) in [7, 11) is 0. The van der Waals surface area contributed by atoms with Gasteiger partial charge in [0.2, 0.25) is 5.91 Å². The van der Waals surface area contributed by atoms with Gasteiger partial charge in [-0.15, -0.1) is 0 Å². The van der Waals surface area contributed by atoms with Crippen LogP contribution in [0.25, 0.3) is 5.69 Å². The Hall–Kier alpha value is -3.43. The number of aromatic nitrogens is 3. The summed E-state index contributed by atoms with van der Waals surface area (Å²) >= 11 is 12.4. The summed E-state index contributed by atoms with van der Waals surface area (Å²) in [6.45, 7) is 1.17. The Labute approximate surface area is 217 Å². The van der Waals surface area contributed by atoms with Crippen LogP contribution in [0.4, 0.5) is 0 Å². The van der Waals surface area contributed by atoms with Crippen molar-refractivity contribution < 1.29 is 9.59 Å². The standard InChI is InChI=1S/C25H25Cl2N5O4/c26-20-7-3-2-6-17(20)10-11-28-24(35)19-14-18(8-9-21(19)27)32-25(36)31(22(33)15-29-32)16-23(34)30-12-4-1-5-13-30/h2-3,6-9,14-15H,1,4-5,10-13,16H2,(H,28,35). The highest BCUT2D eigenvalue weighted by atomic mass is 35.5. The number of hydrogen-bond acceptors (Lipinski definition) is 5. The fourth-order valence-corrected chi connectivity index (χ4v) is 4.50. The van der Waals surface area contributed by atoms with Crippen molar-refractivity contribution in [1.82, 2.24) is 24.6 Å². The lowest BCUT2D eigenvalue weighted by molar-refractivity contribution is -0.132. The van der Waals surface area contributed by atoms with Crippen molar-refractivity contribution in [3.63, 3.8) is 0 Å². The molecular weight excluding hydrogens is 505 g/mol. The summed E-state index contributed by atoms with van der Waals surface area (Å²) in [5, 5.41) is 7.53. The Morgan fingerprint density at radius 1 is 0.972 bits per heavy atom. The first-order chi connectivity index (χ1) is 17.3. The van der Waals surface area contributed by atoms with Crippen molar-refractivity contribution in [3.05, 3.63) is 90.7 Å². The minimum atomic E-state index is -0.778. The number of halogens is 2. The third kappa shape index (κ3) is 5.85. The predicted molar refractivity (Wildman–Crippen MR) is 137 cm³/mol. The molecule has 0 radical (unpaired) electrons. The van der Waals surface area contributed by atoms with E-state index in [1.54, 1.807) is 11.0 Å². The normalized spacial score (nSPS) is 13.4. The van der Waals surface area contributed by atoms with Crippen LogP contribution in [0.3, 0.4) is 0 Å². The van der Waals surface area contributed by atoms with Gasteiger partial charge in [-0.25, -0.2) is 9.36 Å². The third-order valence-electron chi connectivity index (χ3n) is 6.04. The molecule has 1 fully saturated rings. The molecule has 188 valence electrons. The molecule has 2 heterocycles. The average Bonchev–Trinajstić information content (AvgIpc) is 2.88. The van der Waals surface area contributed by atoms with Crippen molar-refractivity contribution in [2.75, 3.05) is 19.6 Å². The van der Waals surface area contributed by atoms with Gasteiger partial charge in [0.1, 0.15) is 12.7 Å². The molecule has 1 N–H and O–H groups in total. The highest BCUT2D eigenvalue weighted by Crippen LogP contribution is 2.19. The lowest BCUT2D eigenvalue weighted by atomic mass is 10.1. The monoisotopic (exact) mass is 529 g/mol. The zero-order valence-corrected chi connectivity index (χ0v) is 21.0. The van der Waals surface area contributed by atoms with Crippen LogP contribution in [-0.4, -0.2) is 50.7 Å². The van der Waals surface area contributed by atoms with Crippen LogP contribution in [0.15, 0.2) is 58.3 Å². The summed E-state index contributed by atoms with van der Waals surface area (Å²) in [4.78, 5) is 52.6. The van der Waals surface area contributed by atoms with Gasteiger partial charge >= 0.3 is 5.69 Å². The summed E-state index contributed by atoms with van der Waals surface area (Å²) in [5.41, 5.74) is -0.172. The van der Waals surface area contributed by atoms with E-state index in [9.17, 15) is 19.2 Å². The Morgan fingerprint density at radius 3 is 2.47 bits per heavy atom. The number of nitrogens with zero attached hydrogens (tertiary/aromatic N) is 4. The second-order valence-electron chi connectivity index (χ2n) is 8.47. The number of amides is 2. The molecular formula is C25H25Cl2N5O4. The molecule has 4 rings (SSSR count). The molecule has 0 unspecified atom stereocenters. The molecule has 36 heavy (non-hydrogen) atoms. The number of likely N-dealkylation sites (tertiary alicyclic amines) is 1. The maximum atomic E-state index is 13.1. The average molecular weight is 530 g/mol. The van der Waals surface area contributed by atoms with Gasteiger partial charge < -0.3 is 10.2 Å². The van der Waals surface area contributed by atoms with E-state index in [2.05, 4.69) is 10.4 Å². The van der Waals surface area contributed by atoms with E-state index in [4.69, 9.17) is 23.2 Å². The lowest BCUT2D eigenvalue weighted by Crippen LogP contribution is -2.46. The van der Waals surface area contributed by atoms with Crippen molar-refractivity contribution >= 4 is 35.0 Å². The van der Waals surface area contributed by atoms with E-state index in [0.29, 0.717) is 31.1 Å². The zero-order valence-electron chi connectivity index (χ0n) is 19.5. The van der Waals surface area contributed by atoms with Crippen molar-refractivity contribution in [1.29, 1.82) is 0 Å². The molecule has 2 amide bonds. The molecule has 9 nitrogen and oxygen atoms in total. The van der Waals surface area contributed by atoms with Gasteiger partial charge in [0.05, 0.1) is 16.3 Å². The summed E-state index contributed by atoms with van der Waals surface area (Å²) in [6.07, 6.45) is 4.35. The van der Waals surface area contributed by atoms with E-state index in [-0.39, 0.29) is 28.7 Å². The van der Waals surface area contributed by atoms with E-state index in [1.165, 1.54) is 18.2 Å². The highest BCUT2D eigenvalue weighted by Gasteiger charge is 2.20. The van der Waals surface area contributed by atoms with Crippen LogP contribution >= 0.6 is 23.2 Å². The molecule has 0 spiro atoms. The van der Waals surface area contributed by atoms with Crippen LogP contribution in [0.5, 0.6) is 0 Å². The second-order valence-corrected chi connectivity index (χ2v) is 9.28. The smallest absolute Gasteiger partial charge is 0.352 e. The van der Waals surface area contributed by atoms with E-state index >= 15 is 0 Å². The van der Waals surface area contributed by atoms with Gasteiger partial charge in [-0.05, 0) is 55.5 Å². The van der Waals surface area contributed by atoms with Crippen LogP contribution < -0.4 is 16.6 Å². The van der Waals surface area contributed by atoms with E-state index < -0.39 is 17.2 Å². The number of carbonyl (C=O) groups is 2. The molecule has 0 aliphatic carbocycles. The van der Waals surface area contributed by atoms with Gasteiger partial charge in [0.25, 0.3) is 11.5 Å². The molecule has 0 saturated carbocycles. The number of nitrogens with one attached hydrogen (secondary N) is 1. The first-order valence-electron chi connectivity index (χ1n) is 11.6. The maximum Gasteiger partial charge on any atom is 0.352 e. The van der Waals surface area contributed by atoms with Gasteiger partial charge in [0.15, 0.2) is 0 Å². The Kier molecular flexibility index (Phi) is 8.22. The van der Waals surface area contributed by atoms with Crippen LogP contribution in [-0.2, 0) is 17.8 Å². The van der Waals surface area contributed by atoms with Crippen LogP contribution in [0.1, 0.15) is 35.2 Å². The van der Waals surface area contributed by atoms with Gasteiger partial charge in [0, 0.05) is 24.7 Å². The molecule has 0 bridgehead atoms.